The first kappa shape index (κ1) is 22.3. The maximum Gasteiger partial charge on any atom is 0.407 e. The predicted molar refractivity (Wildman–Crippen MR) is 113 cm³/mol. The molecule has 8 nitrogen and oxygen atoms in total. The third-order valence-corrected chi connectivity index (χ3v) is 4.17. The van der Waals surface area contributed by atoms with E-state index >= 15 is 0 Å². The summed E-state index contributed by atoms with van der Waals surface area (Å²) in [5.74, 6) is 0.0268. The Morgan fingerprint density at radius 2 is 1.74 bits per heavy atom. The average molecular weight is 444 g/mol. The van der Waals surface area contributed by atoms with Gasteiger partial charge in [-0.2, -0.15) is 4.98 Å². The van der Waals surface area contributed by atoms with Gasteiger partial charge in [0.2, 0.25) is 5.82 Å². The van der Waals surface area contributed by atoms with Crippen LogP contribution in [0.5, 0.6) is 0 Å². The number of esters is 1. The molecular formula is C22H22ClN3O5. The number of benzene rings is 2. The standard InChI is InChI=1S/C22H22ClN3O5/c1-22(2,3)30-21(28)24-12-14-4-6-16(7-5-14)20(27)29-13-18-25-19(26-31-18)15-8-10-17(23)11-9-15/h4-11H,12-13H2,1-3H3,(H,24,28). The molecule has 1 N–H and O–H groups in total. The minimum Gasteiger partial charge on any atom is -0.452 e. The average Bonchev–Trinajstić information content (AvgIpc) is 3.19. The summed E-state index contributed by atoms with van der Waals surface area (Å²) in [4.78, 5) is 28.2. The molecule has 0 bridgehead atoms. The number of halogens is 1. The Bertz CT molecular complexity index is 1040. The van der Waals surface area contributed by atoms with E-state index in [0.29, 0.717) is 16.4 Å². The number of aromatic nitrogens is 2. The van der Waals surface area contributed by atoms with E-state index in [1.807, 2.05) is 0 Å². The number of carbonyl (C=O) groups excluding carboxylic acids is 2. The molecule has 0 aliphatic rings. The van der Waals surface area contributed by atoms with Gasteiger partial charge in [0.25, 0.3) is 5.89 Å². The molecule has 0 spiro atoms. The molecule has 0 saturated carbocycles. The molecule has 3 aromatic rings. The number of rotatable bonds is 6. The number of nitrogens with one attached hydrogen (secondary N) is 1. The lowest BCUT2D eigenvalue weighted by Gasteiger charge is -2.19. The molecule has 1 amide bonds. The summed E-state index contributed by atoms with van der Waals surface area (Å²) in [6, 6.07) is 13.6. The number of ether oxygens (including phenoxy) is 2. The van der Waals surface area contributed by atoms with Crippen LogP contribution in [0.3, 0.4) is 0 Å². The highest BCUT2D eigenvalue weighted by Crippen LogP contribution is 2.19. The van der Waals surface area contributed by atoms with E-state index in [-0.39, 0.29) is 19.0 Å². The number of nitrogens with zero attached hydrogens (tertiary/aromatic N) is 2. The van der Waals surface area contributed by atoms with Crippen LogP contribution in [-0.4, -0.2) is 27.8 Å². The fourth-order valence-electron chi connectivity index (χ4n) is 2.49. The largest absolute Gasteiger partial charge is 0.452 e. The monoisotopic (exact) mass is 443 g/mol. The molecule has 31 heavy (non-hydrogen) atoms. The van der Waals surface area contributed by atoms with Gasteiger partial charge in [0.1, 0.15) is 5.60 Å². The fraction of sp³-hybridized carbons (Fsp3) is 0.273. The molecule has 0 saturated heterocycles. The first-order valence-corrected chi connectivity index (χ1v) is 9.89. The molecule has 3 rings (SSSR count). The third-order valence-electron chi connectivity index (χ3n) is 3.92. The van der Waals surface area contributed by atoms with Crippen molar-refractivity contribution in [2.75, 3.05) is 0 Å². The van der Waals surface area contributed by atoms with E-state index in [9.17, 15) is 9.59 Å². The van der Waals surface area contributed by atoms with Crippen molar-refractivity contribution in [3.63, 3.8) is 0 Å². The van der Waals surface area contributed by atoms with Crippen LogP contribution in [0.1, 0.15) is 42.6 Å². The van der Waals surface area contributed by atoms with Crippen LogP contribution in [0.2, 0.25) is 5.02 Å². The minimum atomic E-state index is -0.564. The number of amides is 1. The maximum atomic E-state index is 12.2. The first-order valence-electron chi connectivity index (χ1n) is 9.51. The zero-order chi connectivity index (χ0) is 22.4. The summed E-state index contributed by atoms with van der Waals surface area (Å²) in [6.07, 6.45) is -0.506. The summed E-state index contributed by atoms with van der Waals surface area (Å²) in [5.41, 5.74) is 1.35. The van der Waals surface area contributed by atoms with Gasteiger partial charge in [-0.05, 0) is 62.7 Å². The Labute approximate surface area is 184 Å². The number of carbonyl (C=O) groups is 2. The van der Waals surface area contributed by atoms with E-state index in [2.05, 4.69) is 15.5 Å². The van der Waals surface area contributed by atoms with Crippen LogP contribution in [0.15, 0.2) is 53.1 Å². The van der Waals surface area contributed by atoms with Crippen molar-refractivity contribution in [2.24, 2.45) is 0 Å². The molecule has 162 valence electrons. The Morgan fingerprint density at radius 1 is 1.06 bits per heavy atom. The second-order valence-corrected chi connectivity index (χ2v) is 8.08. The summed E-state index contributed by atoms with van der Waals surface area (Å²) in [6.45, 7) is 5.50. The van der Waals surface area contributed by atoms with Crippen LogP contribution in [0.25, 0.3) is 11.4 Å². The molecule has 1 aromatic heterocycles. The molecule has 1 heterocycles. The molecule has 0 fully saturated rings. The molecule has 0 unspecified atom stereocenters. The molecular weight excluding hydrogens is 422 g/mol. The van der Waals surface area contributed by atoms with Crippen LogP contribution in [0, 0.1) is 0 Å². The zero-order valence-corrected chi connectivity index (χ0v) is 18.1. The van der Waals surface area contributed by atoms with Crippen LogP contribution >= 0.6 is 11.6 Å². The first-order chi connectivity index (χ1) is 14.7. The highest BCUT2D eigenvalue weighted by Gasteiger charge is 2.16. The van der Waals surface area contributed by atoms with Gasteiger partial charge in [-0.3, -0.25) is 0 Å². The van der Waals surface area contributed by atoms with Gasteiger partial charge in [-0.1, -0.05) is 28.9 Å². The third kappa shape index (κ3) is 6.82. The van der Waals surface area contributed by atoms with Crippen molar-refractivity contribution < 1.29 is 23.6 Å². The van der Waals surface area contributed by atoms with E-state index in [1.54, 1.807) is 69.3 Å². The van der Waals surface area contributed by atoms with E-state index < -0.39 is 17.7 Å². The number of hydrogen-bond acceptors (Lipinski definition) is 7. The van der Waals surface area contributed by atoms with Crippen LogP contribution < -0.4 is 5.32 Å². The van der Waals surface area contributed by atoms with Crippen LogP contribution in [-0.2, 0) is 22.6 Å². The normalized spacial score (nSPS) is 11.1. The van der Waals surface area contributed by atoms with E-state index in [4.69, 9.17) is 25.6 Å². The molecule has 2 aromatic carbocycles. The maximum absolute atomic E-state index is 12.2. The molecule has 0 atom stereocenters. The Morgan fingerprint density at radius 3 is 2.39 bits per heavy atom. The number of alkyl carbamates (subject to hydrolysis) is 1. The molecule has 0 radical (unpaired) electrons. The smallest absolute Gasteiger partial charge is 0.407 e. The van der Waals surface area contributed by atoms with E-state index in [1.165, 1.54) is 0 Å². The fourth-order valence-corrected chi connectivity index (χ4v) is 2.61. The van der Waals surface area contributed by atoms with E-state index in [0.717, 1.165) is 11.1 Å². The molecule has 9 heteroatoms. The van der Waals surface area contributed by atoms with Gasteiger partial charge in [-0.15, -0.1) is 0 Å². The zero-order valence-electron chi connectivity index (χ0n) is 17.3. The Kier molecular flexibility index (Phi) is 6.91. The Hall–Kier alpha value is -3.39. The lowest BCUT2D eigenvalue weighted by atomic mass is 10.1. The van der Waals surface area contributed by atoms with Gasteiger partial charge < -0.3 is 19.3 Å². The summed E-state index contributed by atoms with van der Waals surface area (Å²) in [7, 11) is 0. The summed E-state index contributed by atoms with van der Waals surface area (Å²) in [5, 5.41) is 7.13. The van der Waals surface area contributed by atoms with Crippen LogP contribution in [0.4, 0.5) is 4.79 Å². The molecule has 0 aliphatic carbocycles. The topological polar surface area (TPSA) is 104 Å². The highest BCUT2D eigenvalue weighted by molar-refractivity contribution is 6.30. The second-order valence-electron chi connectivity index (χ2n) is 7.65. The quantitative estimate of drug-likeness (QED) is 0.547. The van der Waals surface area contributed by atoms with Gasteiger partial charge in [0.15, 0.2) is 6.61 Å². The predicted octanol–water partition coefficient (Wildman–Crippen LogP) is 4.77. The molecule has 0 aliphatic heterocycles. The lowest BCUT2D eigenvalue weighted by molar-refractivity contribution is 0.0428. The number of hydrogen-bond donors (Lipinski definition) is 1. The SMILES string of the molecule is CC(C)(C)OC(=O)NCc1ccc(C(=O)OCc2nc(-c3ccc(Cl)cc3)no2)cc1. The minimum absolute atomic E-state index is 0.151. The second kappa shape index (κ2) is 9.61. The van der Waals surface area contributed by atoms with Crippen molar-refractivity contribution in [3.05, 3.63) is 70.6 Å². The van der Waals surface area contributed by atoms with Crippen molar-refractivity contribution >= 4 is 23.7 Å². The van der Waals surface area contributed by atoms with Crippen molar-refractivity contribution in [2.45, 2.75) is 39.5 Å². The van der Waals surface area contributed by atoms with Gasteiger partial charge >= 0.3 is 12.1 Å². The summed E-state index contributed by atoms with van der Waals surface area (Å²) < 4.78 is 15.5. The summed E-state index contributed by atoms with van der Waals surface area (Å²) >= 11 is 5.87. The van der Waals surface area contributed by atoms with Crippen molar-refractivity contribution in [1.82, 2.24) is 15.5 Å². The van der Waals surface area contributed by atoms with Gasteiger partial charge in [0.05, 0.1) is 5.56 Å². The Balaban J connectivity index is 1.50. The van der Waals surface area contributed by atoms with Crippen molar-refractivity contribution in [1.29, 1.82) is 0 Å². The highest BCUT2D eigenvalue weighted by atomic mass is 35.5. The van der Waals surface area contributed by atoms with Crippen molar-refractivity contribution in [3.8, 4) is 11.4 Å². The van der Waals surface area contributed by atoms with Gasteiger partial charge in [-0.25, -0.2) is 9.59 Å². The lowest BCUT2D eigenvalue weighted by Crippen LogP contribution is -2.32. The van der Waals surface area contributed by atoms with Gasteiger partial charge in [0, 0.05) is 17.1 Å².